The van der Waals surface area contributed by atoms with Crippen molar-refractivity contribution >= 4 is 34.7 Å². The predicted octanol–water partition coefficient (Wildman–Crippen LogP) is 4.72. The van der Waals surface area contributed by atoms with Crippen molar-refractivity contribution < 1.29 is 4.74 Å². The van der Waals surface area contributed by atoms with Gasteiger partial charge < -0.3 is 10.1 Å². The summed E-state index contributed by atoms with van der Waals surface area (Å²) in [7, 11) is 1.68. The molecule has 108 valence electrons. The normalized spacial score (nSPS) is 10.0. The average Bonchev–Trinajstić information content (AvgIpc) is 2.49. The Morgan fingerprint density at radius 3 is 2.62 bits per heavy atom. The molecule has 0 amide bonds. The van der Waals surface area contributed by atoms with Gasteiger partial charge in [-0.3, -0.25) is 0 Å². The van der Waals surface area contributed by atoms with Gasteiger partial charge in [0.05, 0.1) is 7.11 Å². The molecule has 0 aliphatic carbocycles. The summed E-state index contributed by atoms with van der Waals surface area (Å²) in [6.45, 7) is 2.08. The second-order valence-electron chi connectivity index (χ2n) is 4.69. The van der Waals surface area contributed by atoms with E-state index in [0.29, 0.717) is 0 Å². The molecule has 2 aromatic carbocycles. The Labute approximate surface area is 130 Å². The SMILES string of the molecule is COc1ccc2c(Nc3ccccc3C)nccc2c1.Cl. The highest BCUT2D eigenvalue weighted by Crippen LogP contribution is 2.28. The third-order valence-electron chi connectivity index (χ3n) is 3.37. The molecule has 0 fully saturated rings. The molecule has 4 heteroatoms. The van der Waals surface area contributed by atoms with Gasteiger partial charge in [-0.15, -0.1) is 12.4 Å². The van der Waals surface area contributed by atoms with E-state index in [1.807, 2.05) is 42.6 Å². The number of nitrogens with zero attached hydrogens (tertiary/aromatic N) is 1. The van der Waals surface area contributed by atoms with Gasteiger partial charge in [0.2, 0.25) is 0 Å². The summed E-state index contributed by atoms with van der Waals surface area (Å²) in [5.41, 5.74) is 2.27. The lowest BCUT2D eigenvalue weighted by atomic mass is 10.1. The summed E-state index contributed by atoms with van der Waals surface area (Å²) in [5, 5.41) is 5.59. The van der Waals surface area contributed by atoms with Crippen LogP contribution in [-0.2, 0) is 0 Å². The second-order valence-corrected chi connectivity index (χ2v) is 4.69. The van der Waals surface area contributed by atoms with Crippen LogP contribution >= 0.6 is 12.4 Å². The van der Waals surface area contributed by atoms with E-state index in [4.69, 9.17) is 4.74 Å². The first-order valence-electron chi connectivity index (χ1n) is 6.53. The Kier molecular flexibility index (Phi) is 4.66. The molecule has 1 heterocycles. The zero-order valence-corrected chi connectivity index (χ0v) is 12.8. The predicted molar refractivity (Wildman–Crippen MR) is 90.0 cm³/mol. The molecule has 1 N–H and O–H groups in total. The molecule has 3 nitrogen and oxygen atoms in total. The standard InChI is InChI=1S/C17H16N2O.ClH/c1-12-5-3-4-6-16(12)19-17-15-8-7-14(20-2)11-13(15)9-10-18-17;/h3-11H,1-2H3,(H,18,19);1H. The number of para-hydroxylation sites is 1. The van der Waals surface area contributed by atoms with Gasteiger partial charge in [0.25, 0.3) is 0 Å². The van der Waals surface area contributed by atoms with Crippen LogP contribution in [0, 0.1) is 6.92 Å². The van der Waals surface area contributed by atoms with Gasteiger partial charge in [0.15, 0.2) is 0 Å². The summed E-state index contributed by atoms with van der Waals surface area (Å²) < 4.78 is 5.26. The number of aromatic nitrogens is 1. The van der Waals surface area contributed by atoms with Crippen LogP contribution in [-0.4, -0.2) is 12.1 Å². The maximum Gasteiger partial charge on any atom is 0.138 e. The lowest BCUT2D eigenvalue weighted by Crippen LogP contribution is -1.96. The van der Waals surface area contributed by atoms with E-state index in [-0.39, 0.29) is 12.4 Å². The molecular weight excluding hydrogens is 284 g/mol. The lowest BCUT2D eigenvalue weighted by Gasteiger charge is -2.11. The van der Waals surface area contributed by atoms with E-state index in [9.17, 15) is 0 Å². The smallest absolute Gasteiger partial charge is 0.138 e. The first-order valence-corrected chi connectivity index (χ1v) is 6.53. The molecule has 0 bridgehead atoms. The molecule has 0 saturated heterocycles. The maximum absolute atomic E-state index is 5.26. The molecule has 3 aromatic rings. The zero-order valence-electron chi connectivity index (χ0n) is 12.0. The van der Waals surface area contributed by atoms with Gasteiger partial charge in [0, 0.05) is 17.3 Å². The van der Waals surface area contributed by atoms with Gasteiger partial charge in [-0.25, -0.2) is 4.98 Å². The van der Waals surface area contributed by atoms with Crippen LogP contribution in [0.1, 0.15) is 5.56 Å². The Balaban J connectivity index is 0.00000161. The number of halogens is 1. The molecule has 3 rings (SSSR count). The molecule has 0 unspecified atom stereocenters. The molecule has 0 aliphatic rings. The van der Waals surface area contributed by atoms with E-state index < -0.39 is 0 Å². The molecule has 0 atom stereocenters. The van der Waals surface area contributed by atoms with Crippen molar-refractivity contribution in [1.82, 2.24) is 4.98 Å². The highest BCUT2D eigenvalue weighted by molar-refractivity contribution is 5.94. The third-order valence-corrected chi connectivity index (χ3v) is 3.37. The minimum atomic E-state index is 0. The van der Waals surface area contributed by atoms with Crippen molar-refractivity contribution in [3.8, 4) is 5.75 Å². The van der Waals surface area contributed by atoms with Crippen molar-refractivity contribution in [3.63, 3.8) is 0 Å². The lowest BCUT2D eigenvalue weighted by molar-refractivity contribution is 0.415. The van der Waals surface area contributed by atoms with Crippen molar-refractivity contribution in [2.75, 3.05) is 12.4 Å². The number of pyridine rings is 1. The van der Waals surface area contributed by atoms with Crippen molar-refractivity contribution in [3.05, 3.63) is 60.3 Å². The van der Waals surface area contributed by atoms with Crippen LogP contribution in [0.25, 0.3) is 10.8 Å². The van der Waals surface area contributed by atoms with Gasteiger partial charge in [0.1, 0.15) is 11.6 Å². The number of benzene rings is 2. The number of rotatable bonds is 3. The second kappa shape index (κ2) is 6.46. The third kappa shape index (κ3) is 3.09. The minimum absolute atomic E-state index is 0. The van der Waals surface area contributed by atoms with Crippen LogP contribution in [0.2, 0.25) is 0 Å². The quantitative estimate of drug-likeness (QED) is 0.760. The topological polar surface area (TPSA) is 34.1 Å². The highest BCUT2D eigenvalue weighted by Gasteiger charge is 2.05. The Bertz CT molecular complexity index is 759. The summed E-state index contributed by atoms with van der Waals surface area (Å²) in [6.07, 6.45) is 1.81. The number of methoxy groups -OCH3 is 1. The first kappa shape index (κ1) is 15.1. The fraction of sp³-hybridized carbons (Fsp3) is 0.118. The van der Waals surface area contributed by atoms with Gasteiger partial charge in [-0.2, -0.15) is 0 Å². The fourth-order valence-electron chi connectivity index (χ4n) is 2.22. The van der Waals surface area contributed by atoms with E-state index in [1.165, 1.54) is 5.56 Å². The number of hydrogen-bond donors (Lipinski definition) is 1. The zero-order chi connectivity index (χ0) is 13.9. The van der Waals surface area contributed by atoms with E-state index in [0.717, 1.165) is 28.0 Å². The summed E-state index contributed by atoms with van der Waals surface area (Å²) in [5.74, 6) is 1.71. The number of nitrogens with one attached hydrogen (secondary N) is 1. The van der Waals surface area contributed by atoms with E-state index in [1.54, 1.807) is 7.11 Å². The molecule has 0 aliphatic heterocycles. The summed E-state index contributed by atoms with van der Waals surface area (Å²) >= 11 is 0. The van der Waals surface area contributed by atoms with Crippen LogP contribution in [0.15, 0.2) is 54.7 Å². The van der Waals surface area contributed by atoms with Crippen molar-refractivity contribution in [2.24, 2.45) is 0 Å². The molecule has 0 saturated carbocycles. The molecule has 0 radical (unpaired) electrons. The van der Waals surface area contributed by atoms with Crippen LogP contribution in [0.4, 0.5) is 11.5 Å². The van der Waals surface area contributed by atoms with Crippen LogP contribution in [0.3, 0.4) is 0 Å². The van der Waals surface area contributed by atoms with Gasteiger partial charge in [-0.05, 0) is 48.2 Å². The largest absolute Gasteiger partial charge is 0.497 e. The van der Waals surface area contributed by atoms with Crippen LogP contribution < -0.4 is 10.1 Å². The highest BCUT2D eigenvalue weighted by atomic mass is 35.5. The van der Waals surface area contributed by atoms with E-state index >= 15 is 0 Å². The van der Waals surface area contributed by atoms with Gasteiger partial charge >= 0.3 is 0 Å². The Morgan fingerprint density at radius 2 is 1.86 bits per heavy atom. The fourth-order valence-corrected chi connectivity index (χ4v) is 2.22. The average molecular weight is 301 g/mol. The molecule has 0 spiro atoms. The summed E-state index contributed by atoms with van der Waals surface area (Å²) in [6, 6.07) is 16.2. The van der Waals surface area contributed by atoms with Crippen LogP contribution in [0.5, 0.6) is 5.75 Å². The number of anilines is 2. The minimum Gasteiger partial charge on any atom is -0.497 e. The van der Waals surface area contributed by atoms with Gasteiger partial charge in [-0.1, -0.05) is 18.2 Å². The molecule has 1 aromatic heterocycles. The van der Waals surface area contributed by atoms with Crippen molar-refractivity contribution in [1.29, 1.82) is 0 Å². The van der Waals surface area contributed by atoms with E-state index in [2.05, 4.69) is 29.4 Å². The number of ether oxygens (including phenoxy) is 1. The number of fused-ring (bicyclic) bond motifs is 1. The molecular formula is C17H17ClN2O. The molecule has 21 heavy (non-hydrogen) atoms. The summed E-state index contributed by atoms with van der Waals surface area (Å²) in [4.78, 5) is 4.45. The Morgan fingerprint density at radius 1 is 1.05 bits per heavy atom. The first-order chi connectivity index (χ1) is 9.78. The maximum atomic E-state index is 5.26. The number of aryl methyl sites for hydroxylation is 1. The monoisotopic (exact) mass is 300 g/mol. The number of hydrogen-bond acceptors (Lipinski definition) is 3. The van der Waals surface area contributed by atoms with Crippen molar-refractivity contribution in [2.45, 2.75) is 6.92 Å². The Hall–Kier alpha value is -2.26.